The molecule has 0 radical (unpaired) electrons. The van der Waals surface area contributed by atoms with Gasteiger partial charge in [0.15, 0.2) is 5.65 Å². The van der Waals surface area contributed by atoms with Crippen molar-refractivity contribution in [3.63, 3.8) is 0 Å². The normalized spacial score (nSPS) is 14.2. The van der Waals surface area contributed by atoms with E-state index in [1.54, 1.807) is 23.0 Å². The minimum atomic E-state index is -4.52. The zero-order valence-corrected chi connectivity index (χ0v) is 18.0. The van der Waals surface area contributed by atoms with Gasteiger partial charge in [0, 0.05) is 23.3 Å². The van der Waals surface area contributed by atoms with Crippen LogP contribution in [-0.4, -0.2) is 30.5 Å². The first-order chi connectivity index (χ1) is 15.7. The highest BCUT2D eigenvalue weighted by Gasteiger charge is 2.35. The lowest BCUT2D eigenvalue weighted by Crippen LogP contribution is -2.15. The molecule has 0 bridgehead atoms. The van der Waals surface area contributed by atoms with E-state index in [0.29, 0.717) is 28.2 Å². The third-order valence-corrected chi connectivity index (χ3v) is 5.62. The van der Waals surface area contributed by atoms with Gasteiger partial charge < -0.3 is 5.32 Å². The lowest BCUT2D eigenvalue weighted by molar-refractivity contribution is -0.142. The Labute approximate surface area is 187 Å². The fourth-order valence-electron chi connectivity index (χ4n) is 3.80. The number of amides is 1. The first kappa shape index (κ1) is 21.2. The van der Waals surface area contributed by atoms with Crippen LogP contribution in [0, 0.1) is 0 Å². The van der Waals surface area contributed by atoms with E-state index in [4.69, 9.17) is 4.98 Å². The highest BCUT2D eigenvalue weighted by atomic mass is 19.4. The summed E-state index contributed by atoms with van der Waals surface area (Å²) in [6.07, 6.45) is 0.319. The Kier molecular flexibility index (Phi) is 4.95. The van der Waals surface area contributed by atoms with E-state index in [0.717, 1.165) is 35.5 Å². The number of aromatic nitrogens is 5. The van der Waals surface area contributed by atoms with Crippen LogP contribution in [0.3, 0.4) is 0 Å². The summed E-state index contributed by atoms with van der Waals surface area (Å²) < 4.78 is 42.1. The number of rotatable bonds is 5. The average molecular weight is 454 g/mol. The predicted molar refractivity (Wildman–Crippen MR) is 116 cm³/mol. The smallest absolute Gasteiger partial charge is 0.322 e. The Bertz CT molecular complexity index is 1330. The second-order valence-electron chi connectivity index (χ2n) is 8.42. The van der Waals surface area contributed by atoms with Gasteiger partial charge in [0.1, 0.15) is 5.69 Å². The fourth-order valence-corrected chi connectivity index (χ4v) is 3.80. The van der Waals surface area contributed by atoms with Crippen molar-refractivity contribution >= 4 is 22.6 Å². The molecule has 1 aromatic carbocycles. The van der Waals surface area contributed by atoms with Gasteiger partial charge in [-0.2, -0.15) is 23.4 Å². The quantitative estimate of drug-likeness (QED) is 0.441. The molecule has 4 aromatic rings. The summed E-state index contributed by atoms with van der Waals surface area (Å²) in [4.78, 5) is 17.9. The van der Waals surface area contributed by atoms with Crippen molar-refractivity contribution < 1.29 is 18.0 Å². The third kappa shape index (κ3) is 3.96. The van der Waals surface area contributed by atoms with Crippen LogP contribution in [0.25, 0.3) is 16.7 Å². The van der Waals surface area contributed by atoms with E-state index in [-0.39, 0.29) is 17.6 Å². The number of anilines is 1. The minimum absolute atomic E-state index is 0.0943. The highest BCUT2D eigenvalue weighted by Crippen LogP contribution is 2.40. The molecule has 1 aliphatic carbocycles. The lowest BCUT2D eigenvalue weighted by atomic mass is 10.1. The third-order valence-electron chi connectivity index (χ3n) is 5.62. The van der Waals surface area contributed by atoms with Crippen LogP contribution >= 0.6 is 0 Å². The van der Waals surface area contributed by atoms with Crippen molar-refractivity contribution in [1.29, 1.82) is 0 Å². The van der Waals surface area contributed by atoms with Gasteiger partial charge in [-0.15, -0.1) is 0 Å². The van der Waals surface area contributed by atoms with Gasteiger partial charge in [-0.25, -0.2) is 14.3 Å². The Balaban J connectivity index is 1.44. The van der Waals surface area contributed by atoms with E-state index in [2.05, 4.69) is 15.5 Å². The van der Waals surface area contributed by atoms with E-state index in [1.165, 1.54) is 12.1 Å². The van der Waals surface area contributed by atoms with E-state index in [1.807, 2.05) is 19.9 Å². The molecule has 0 atom stereocenters. The molecule has 10 heteroatoms. The predicted octanol–water partition coefficient (Wildman–Crippen LogP) is 5.35. The maximum absolute atomic E-state index is 13.2. The average Bonchev–Trinajstić information content (AvgIpc) is 3.32. The summed E-state index contributed by atoms with van der Waals surface area (Å²) in [5.41, 5.74) is 1.86. The monoisotopic (exact) mass is 454 g/mol. The molecule has 0 saturated heterocycles. The number of benzene rings is 1. The molecule has 1 fully saturated rings. The summed E-state index contributed by atoms with van der Waals surface area (Å²) in [5, 5.41) is 11.7. The maximum atomic E-state index is 13.2. The van der Waals surface area contributed by atoms with Crippen LogP contribution in [0.15, 0.2) is 48.8 Å². The summed E-state index contributed by atoms with van der Waals surface area (Å²) in [7, 11) is 0. The molecule has 1 N–H and O–H groups in total. The number of nitrogens with zero attached hydrogens (tertiary/aromatic N) is 5. The van der Waals surface area contributed by atoms with Crippen molar-refractivity contribution in [1.82, 2.24) is 24.5 Å². The highest BCUT2D eigenvalue weighted by molar-refractivity contribution is 6.12. The molecular weight excluding hydrogens is 433 g/mol. The van der Waals surface area contributed by atoms with Gasteiger partial charge in [0.2, 0.25) is 0 Å². The number of carbonyl (C=O) groups excluding carboxylic acids is 1. The number of halogens is 3. The lowest BCUT2D eigenvalue weighted by Gasteiger charge is -2.12. The summed E-state index contributed by atoms with van der Waals surface area (Å²) >= 11 is 0. The van der Waals surface area contributed by atoms with Crippen molar-refractivity contribution in [3.05, 3.63) is 65.7 Å². The molecule has 1 amide bonds. The van der Waals surface area contributed by atoms with E-state index in [9.17, 15) is 18.0 Å². The Morgan fingerprint density at radius 2 is 1.85 bits per heavy atom. The van der Waals surface area contributed by atoms with Crippen LogP contribution in [0.5, 0.6) is 0 Å². The summed E-state index contributed by atoms with van der Waals surface area (Å²) in [6, 6.07) is 8.88. The second-order valence-corrected chi connectivity index (χ2v) is 8.42. The van der Waals surface area contributed by atoms with Crippen LogP contribution in [-0.2, 0) is 6.18 Å². The molecule has 0 aliphatic heterocycles. The number of alkyl halides is 3. The van der Waals surface area contributed by atoms with Gasteiger partial charge >= 0.3 is 6.18 Å². The Morgan fingerprint density at radius 3 is 2.48 bits per heavy atom. The van der Waals surface area contributed by atoms with Crippen LogP contribution in [0.1, 0.15) is 60.4 Å². The van der Waals surface area contributed by atoms with Gasteiger partial charge in [-0.3, -0.25) is 4.79 Å². The second kappa shape index (κ2) is 7.72. The van der Waals surface area contributed by atoms with Crippen molar-refractivity contribution in [2.24, 2.45) is 0 Å². The molecule has 5 rings (SSSR count). The van der Waals surface area contributed by atoms with Gasteiger partial charge in [0.25, 0.3) is 5.91 Å². The number of fused-ring (bicyclic) bond motifs is 1. The Morgan fingerprint density at radius 1 is 1.12 bits per heavy atom. The van der Waals surface area contributed by atoms with E-state index >= 15 is 0 Å². The van der Waals surface area contributed by atoms with Crippen molar-refractivity contribution in [3.8, 4) is 5.69 Å². The molecule has 1 saturated carbocycles. The van der Waals surface area contributed by atoms with Gasteiger partial charge in [-0.1, -0.05) is 0 Å². The topological polar surface area (TPSA) is 77.6 Å². The zero-order chi connectivity index (χ0) is 23.3. The van der Waals surface area contributed by atoms with Crippen molar-refractivity contribution in [2.75, 3.05) is 5.32 Å². The first-order valence-corrected chi connectivity index (χ1v) is 10.6. The van der Waals surface area contributed by atoms with Crippen LogP contribution in [0.4, 0.5) is 18.9 Å². The van der Waals surface area contributed by atoms with Crippen LogP contribution in [0.2, 0.25) is 0 Å². The van der Waals surface area contributed by atoms with Crippen LogP contribution < -0.4 is 5.32 Å². The SMILES string of the molecule is CC(C)n1ncc2c(C(=O)Nc3ccc(-n4nccc4C(F)(F)F)cc3)cc(C3CC3)nc21. The number of hydrogen-bond donors (Lipinski definition) is 1. The zero-order valence-electron chi connectivity index (χ0n) is 18.0. The first-order valence-electron chi connectivity index (χ1n) is 10.6. The molecule has 170 valence electrons. The van der Waals surface area contributed by atoms with E-state index < -0.39 is 11.9 Å². The Hall–Kier alpha value is -3.69. The van der Waals surface area contributed by atoms with Gasteiger partial charge in [-0.05, 0) is 63.1 Å². The minimum Gasteiger partial charge on any atom is -0.322 e. The summed E-state index contributed by atoms with van der Waals surface area (Å²) in [5.74, 6) is 0.0306. The maximum Gasteiger partial charge on any atom is 0.433 e. The standard InChI is InChI=1S/C23H21F3N6O/c1-13(2)31-21-18(12-28-31)17(11-19(30-21)14-3-4-14)22(33)29-15-5-7-16(8-6-15)32-20(9-10-27-32)23(24,25)26/h5-14H,3-4H2,1-2H3,(H,29,33). The molecular formula is C23H21F3N6O. The molecule has 33 heavy (non-hydrogen) atoms. The van der Waals surface area contributed by atoms with Crippen molar-refractivity contribution in [2.45, 2.75) is 44.8 Å². The number of nitrogens with one attached hydrogen (secondary N) is 1. The largest absolute Gasteiger partial charge is 0.433 e. The number of carbonyl (C=O) groups is 1. The molecule has 0 spiro atoms. The molecule has 3 aromatic heterocycles. The molecule has 1 aliphatic rings. The molecule has 0 unspecified atom stereocenters. The molecule has 3 heterocycles. The summed E-state index contributed by atoms with van der Waals surface area (Å²) in [6.45, 7) is 4.01. The number of hydrogen-bond acceptors (Lipinski definition) is 4. The van der Waals surface area contributed by atoms with Gasteiger partial charge in [0.05, 0.1) is 29.0 Å². The number of pyridine rings is 1. The fraction of sp³-hybridized carbons (Fsp3) is 0.304. The molecule has 7 nitrogen and oxygen atoms in total.